The third-order valence-corrected chi connectivity index (χ3v) is 1.70. The molecule has 1 atom stereocenters. The van der Waals surface area contributed by atoms with Gasteiger partial charge < -0.3 is 15.7 Å². The Kier molecular flexibility index (Phi) is 6.74. The van der Waals surface area contributed by atoms with Gasteiger partial charge >= 0.3 is 0 Å². The zero-order valence-corrected chi connectivity index (χ0v) is 8.67. The summed E-state index contributed by atoms with van der Waals surface area (Å²) in [5, 5.41) is 13.7. The molecule has 0 aromatic rings. The second kappa shape index (κ2) is 7.32. The van der Waals surface area contributed by atoms with E-state index >= 15 is 0 Å². The van der Waals surface area contributed by atoms with Crippen molar-refractivity contribution in [3.63, 3.8) is 0 Å². The van der Waals surface area contributed by atoms with E-state index in [1.165, 1.54) is 6.92 Å². The van der Waals surface area contributed by atoms with E-state index < -0.39 is 0 Å². The van der Waals surface area contributed by atoms with Gasteiger partial charge in [-0.2, -0.15) is 0 Å². The summed E-state index contributed by atoms with van der Waals surface area (Å²) >= 11 is 0. The van der Waals surface area contributed by atoms with E-state index in [4.69, 9.17) is 5.11 Å². The van der Waals surface area contributed by atoms with Crippen LogP contribution in [-0.2, 0) is 9.59 Å². The summed E-state index contributed by atoms with van der Waals surface area (Å²) in [5.41, 5.74) is 0. The molecule has 0 aliphatic heterocycles. The predicted molar refractivity (Wildman–Crippen MR) is 52.6 cm³/mol. The molecule has 0 saturated carbocycles. The van der Waals surface area contributed by atoms with Crippen LogP contribution in [0.3, 0.4) is 0 Å². The topological polar surface area (TPSA) is 78.4 Å². The lowest BCUT2D eigenvalue weighted by molar-refractivity contribution is -0.125. The Morgan fingerprint density at radius 2 is 2.07 bits per heavy atom. The fourth-order valence-electron chi connectivity index (χ4n) is 1.00. The highest BCUT2D eigenvalue weighted by Crippen LogP contribution is 1.94. The molecule has 0 fully saturated rings. The summed E-state index contributed by atoms with van der Waals surface area (Å²) in [4.78, 5) is 21.6. The highest BCUT2D eigenvalue weighted by Gasteiger charge is 2.06. The maximum absolute atomic E-state index is 11.1. The lowest BCUT2D eigenvalue weighted by atomic mass is 10.2. The summed E-state index contributed by atoms with van der Waals surface area (Å²) < 4.78 is 0. The van der Waals surface area contributed by atoms with Crippen molar-refractivity contribution in [3.05, 3.63) is 0 Å². The zero-order valence-electron chi connectivity index (χ0n) is 8.67. The molecular weight excluding hydrogens is 184 g/mol. The number of hydrogen-bond acceptors (Lipinski definition) is 3. The van der Waals surface area contributed by atoms with Crippen LogP contribution in [0.1, 0.15) is 26.7 Å². The Bertz CT molecular complexity index is 194. The van der Waals surface area contributed by atoms with Crippen LogP contribution >= 0.6 is 0 Å². The van der Waals surface area contributed by atoms with E-state index in [-0.39, 0.29) is 31.0 Å². The number of carbonyl (C=O) groups excluding carboxylic acids is 2. The zero-order chi connectivity index (χ0) is 11.0. The number of aliphatic hydroxyl groups is 1. The van der Waals surface area contributed by atoms with Gasteiger partial charge in [0.2, 0.25) is 11.8 Å². The first-order chi connectivity index (χ1) is 6.56. The van der Waals surface area contributed by atoms with E-state index in [9.17, 15) is 9.59 Å². The second-order valence-corrected chi connectivity index (χ2v) is 3.24. The normalized spacial score (nSPS) is 11.9. The van der Waals surface area contributed by atoms with Gasteiger partial charge in [-0.05, 0) is 19.8 Å². The summed E-state index contributed by atoms with van der Waals surface area (Å²) in [6.07, 6.45) is 1.41. The largest absolute Gasteiger partial charge is 0.396 e. The average molecular weight is 202 g/mol. The first kappa shape index (κ1) is 12.9. The van der Waals surface area contributed by atoms with Gasteiger partial charge in [-0.1, -0.05) is 0 Å². The van der Waals surface area contributed by atoms with Crippen molar-refractivity contribution in [2.75, 3.05) is 13.2 Å². The Hall–Kier alpha value is -1.10. The molecule has 0 spiro atoms. The minimum atomic E-state index is -0.219. The smallest absolute Gasteiger partial charge is 0.239 e. The number of aliphatic hydroxyl groups excluding tert-OH is 1. The average Bonchev–Trinajstić information content (AvgIpc) is 2.11. The van der Waals surface area contributed by atoms with Gasteiger partial charge in [0, 0.05) is 19.6 Å². The van der Waals surface area contributed by atoms with Crippen LogP contribution in [-0.4, -0.2) is 36.1 Å². The van der Waals surface area contributed by atoms with Crippen molar-refractivity contribution in [2.24, 2.45) is 0 Å². The summed E-state index contributed by atoms with van der Waals surface area (Å²) in [7, 11) is 0. The van der Waals surface area contributed by atoms with Crippen molar-refractivity contribution in [1.29, 1.82) is 0 Å². The highest BCUT2D eigenvalue weighted by atomic mass is 16.3. The van der Waals surface area contributed by atoms with Crippen LogP contribution < -0.4 is 10.6 Å². The lowest BCUT2D eigenvalue weighted by Gasteiger charge is -2.12. The van der Waals surface area contributed by atoms with Crippen LogP contribution in [0.5, 0.6) is 0 Å². The molecule has 0 aliphatic carbocycles. The fourth-order valence-corrected chi connectivity index (χ4v) is 1.00. The van der Waals surface area contributed by atoms with E-state index in [2.05, 4.69) is 10.6 Å². The van der Waals surface area contributed by atoms with Crippen molar-refractivity contribution in [2.45, 2.75) is 32.7 Å². The van der Waals surface area contributed by atoms with Gasteiger partial charge in [0.15, 0.2) is 0 Å². The molecule has 1 unspecified atom stereocenters. The number of rotatable bonds is 6. The van der Waals surface area contributed by atoms with E-state index in [0.29, 0.717) is 6.42 Å². The van der Waals surface area contributed by atoms with Crippen molar-refractivity contribution < 1.29 is 14.7 Å². The molecule has 0 rings (SSSR count). The molecular formula is C9H18N2O3. The van der Waals surface area contributed by atoms with Gasteiger partial charge in [-0.3, -0.25) is 9.59 Å². The molecule has 0 radical (unpaired) electrons. The molecule has 0 saturated heterocycles. The van der Waals surface area contributed by atoms with Gasteiger partial charge in [-0.25, -0.2) is 0 Å². The first-order valence-electron chi connectivity index (χ1n) is 4.71. The quantitative estimate of drug-likeness (QED) is 0.538. The highest BCUT2D eigenvalue weighted by molar-refractivity contribution is 5.83. The van der Waals surface area contributed by atoms with E-state index in [1.807, 2.05) is 6.92 Å². The molecule has 3 N–H and O–H groups in total. The molecule has 0 aromatic heterocycles. The molecule has 0 bridgehead atoms. The number of carbonyl (C=O) groups is 2. The molecule has 14 heavy (non-hydrogen) atoms. The van der Waals surface area contributed by atoms with E-state index in [1.54, 1.807) is 0 Å². The molecule has 5 nitrogen and oxygen atoms in total. The molecule has 0 heterocycles. The molecule has 0 aromatic carbocycles. The number of nitrogens with one attached hydrogen (secondary N) is 2. The summed E-state index contributed by atoms with van der Waals surface area (Å²) in [6, 6.07) is 0.0309. The molecule has 2 amide bonds. The minimum absolute atomic E-state index is 0.0127. The summed E-state index contributed by atoms with van der Waals surface area (Å²) in [5.74, 6) is -0.422. The van der Waals surface area contributed by atoms with Gasteiger partial charge in [-0.15, -0.1) is 0 Å². The maximum Gasteiger partial charge on any atom is 0.239 e. The van der Waals surface area contributed by atoms with Crippen LogP contribution in [0.15, 0.2) is 0 Å². The third-order valence-electron chi connectivity index (χ3n) is 1.70. The monoisotopic (exact) mass is 202 g/mol. The standard InChI is InChI=1S/C9H18N2O3/c1-7(4-3-5-12)11-9(14)6-10-8(2)13/h7,12H,3-6H2,1-2H3,(H,10,13)(H,11,14). The van der Waals surface area contributed by atoms with Crippen LogP contribution in [0, 0.1) is 0 Å². The fraction of sp³-hybridized carbons (Fsp3) is 0.778. The Morgan fingerprint density at radius 1 is 1.43 bits per heavy atom. The van der Waals surface area contributed by atoms with Crippen molar-refractivity contribution in [3.8, 4) is 0 Å². The molecule has 5 heteroatoms. The van der Waals surface area contributed by atoms with Crippen LogP contribution in [0.25, 0.3) is 0 Å². The Balaban J connectivity index is 3.55. The first-order valence-corrected chi connectivity index (χ1v) is 4.71. The van der Waals surface area contributed by atoms with Gasteiger partial charge in [0.1, 0.15) is 0 Å². The minimum Gasteiger partial charge on any atom is -0.396 e. The van der Waals surface area contributed by atoms with Crippen molar-refractivity contribution >= 4 is 11.8 Å². The van der Waals surface area contributed by atoms with Crippen LogP contribution in [0.4, 0.5) is 0 Å². The molecule has 82 valence electrons. The second-order valence-electron chi connectivity index (χ2n) is 3.24. The lowest BCUT2D eigenvalue weighted by Crippen LogP contribution is -2.40. The number of hydrogen-bond donors (Lipinski definition) is 3. The summed E-state index contributed by atoms with van der Waals surface area (Å²) in [6.45, 7) is 3.37. The van der Waals surface area contributed by atoms with Crippen molar-refractivity contribution in [1.82, 2.24) is 10.6 Å². The van der Waals surface area contributed by atoms with Crippen LogP contribution in [0.2, 0.25) is 0 Å². The van der Waals surface area contributed by atoms with Gasteiger partial charge in [0.05, 0.1) is 6.54 Å². The van der Waals surface area contributed by atoms with E-state index in [0.717, 1.165) is 6.42 Å². The maximum atomic E-state index is 11.1. The van der Waals surface area contributed by atoms with Gasteiger partial charge in [0.25, 0.3) is 0 Å². The number of amides is 2. The Morgan fingerprint density at radius 3 is 2.57 bits per heavy atom. The third kappa shape index (κ3) is 7.54. The molecule has 0 aliphatic rings. The Labute approximate surface area is 83.9 Å². The SMILES string of the molecule is CC(=O)NCC(=O)NC(C)CCCO. The predicted octanol–water partition coefficient (Wildman–Crippen LogP) is -0.600.